The van der Waals surface area contributed by atoms with E-state index in [-0.39, 0.29) is 24.2 Å². The lowest BCUT2D eigenvalue weighted by molar-refractivity contribution is 0.0866. The molecule has 7 heteroatoms. The van der Waals surface area contributed by atoms with Crippen LogP contribution in [-0.2, 0) is 18.4 Å². The average molecular weight is 436 g/mol. The summed E-state index contributed by atoms with van der Waals surface area (Å²) >= 11 is 4.47. The monoisotopic (exact) mass is 435 g/mol. The van der Waals surface area contributed by atoms with Crippen LogP contribution in [0.25, 0.3) is 11.1 Å². The van der Waals surface area contributed by atoms with Gasteiger partial charge in [0.05, 0.1) is 4.90 Å². The Hall–Kier alpha value is -3.06. The Morgan fingerprint density at radius 2 is 1.81 bits per heavy atom. The Morgan fingerprint density at radius 3 is 2.48 bits per heavy atom. The van der Waals surface area contributed by atoms with E-state index in [0.29, 0.717) is 18.0 Å². The topological polar surface area (TPSA) is 64.4 Å². The number of thiol groups is 1. The zero-order chi connectivity index (χ0) is 21.8. The van der Waals surface area contributed by atoms with Crippen molar-refractivity contribution in [3.63, 3.8) is 0 Å². The first-order valence-electron chi connectivity index (χ1n) is 10.3. The van der Waals surface area contributed by atoms with Crippen LogP contribution in [0.3, 0.4) is 0 Å². The number of carbonyl (C=O) groups excluding carboxylic acids is 1. The Balaban J connectivity index is 1.45. The van der Waals surface area contributed by atoms with Crippen LogP contribution < -0.4 is 5.56 Å². The number of benzene rings is 1. The number of hydrogen-bond acceptors (Lipinski definition) is 5. The molecule has 1 aromatic carbocycles. The van der Waals surface area contributed by atoms with E-state index in [1.807, 2.05) is 48.5 Å². The van der Waals surface area contributed by atoms with Crippen LogP contribution >= 0.6 is 12.6 Å². The first-order chi connectivity index (χ1) is 15.0. The van der Waals surface area contributed by atoms with E-state index in [2.05, 4.69) is 17.6 Å². The maximum Gasteiger partial charge on any atom is 0.410 e. The Labute approximate surface area is 186 Å². The van der Waals surface area contributed by atoms with Crippen molar-refractivity contribution < 1.29 is 9.53 Å². The van der Waals surface area contributed by atoms with E-state index in [9.17, 15) is 9.59 Å². The number of hydrogen-bond donors (Lipinski definition) is 1. The maximum absolute atomic E-state index is 12.8. The lowest BCUT2D eigenvalue weighted by Gasteiger charge is -2.32. The van der Waals surface area contributed by atoms with Crippen LogP contribution in [0.15, 0.2) is 70.6 Å². The number of nitrogens with zero attached hydrogens (tertiary/aromatic N) is 3. The zero-order valence-electron chi connectivity index (χ0n) is 17.4. The minimum absolute atomic E-state index is 0.114. The molecule has 3 heterocycles. The van der Waals surface area contributed by atoms with E-state index < -0.39 is 0 Å². The average Bonchev–Trinajstić information content (AvgIpc) is 2.82. The molecule has 2 aromatic heterocycles. The number of piperidine rings is 1. The predicted octanol–water partition coefficient (Wildman–Crippen LogP) is 4.25. The summed E-state index contributed by atoms with van der Waals surface area (Å²) in [5.74, 6) is 0.186. The van der Waals surface area contributed by atoms with Gasteiger partial charge in [-0.05, 0) is 42.2 Å². The van der Waals surface area contributed by atoms with E-state index in [1.165, 1.54) is 0 Å². The van der Waals surface area contributed by atoms with Crippen molar-refractivity contribution >= 4 is 18.7 Å². The van der Waals surface area contributed by atoms with Gasteiger partial charge in [0.1, 0.15) is 6.61 Å². The van der Waals surface area contributed by atoms with Crippen molar-refractivity contribution in [2.45, 2.75) is 30.3 Å². The van der Waals surface area contributed by atoms with Crippen LogP contribution in [0.1, 0.15) is 30.0 Å². The second-order valence-corrected chi connectivity index (χ2v) is 8.18. The molecule has 6 nitrogen and oxygen atoms in total. The molecule has 0 unspecified atom stereocenters. The van der Waals surface area contributed by atoms with Gasteiger partial charge in [0.15, 0.2) is 0 Å². The standard InChI is InChI=1S/C24H25N3O3S/c1-26-21(15-20(22(31)23(26)28)18-7-11-25-12-8-18)19-9-13-27(14-10-19)24(29)30-16-17-5-3-2-4-6-17/h2-8,11-12,15,19,31H,9-10,13-14,16H2,1H3. The molecule has 4 rings (SSSR count). The van der Waals surface area contributed by atoms with Gasteiger partial charge < -0.3 is 14.2 Å². The van der Waals surface area contributed by atoms with E-state index in [4.69, 9.17) is 4.74 Å². The number of amides is 1. The lowest BCUT2D eigenvalue weighted by Crippen LogP contribution is -2.39. The molecule has 0 aliphatic carbocycles. The van der Waals surface area contributed by atoms with Gasteiger partial charge >= 0.3 is 6.09 Å². The summed E-state index contributed by atoms with van der Waals surface area (Å²) in [6.07, 6.45) is 4.67. The molecular weight excluding hydrogens is 410 g/mol. The van der Waals surface area contributed by atoms with Gasteiger partial charge in [-0.25, -0.2) is 4.79 Å². The van der Waals surface area contributed by atoms with Gasteiger partial charge in [-0.1, -0.05) is 30.3 Å². The van der Waals surface area contributed by atoms with Gasteiger partial charge in [0.25, 0.3) is 5.56 Å². The predicted molar refractivity (Wildman–Crippen MR) is 122 cm³/mol. The van der Waals surface area contributed by atoms with Crippen LogP contribution in [0.2, 0.25) is 0 Å². The molecular formula is C24H25N3O3S. The Bertz CT molecular complexity index is 1110. The largest absolute Gasteiger partial charge is 0.445 e. The summed E-state index contributed by atoms with van der Waals surface area (Å²) in [5, 5.41) is 0. The van der Waals surface area contributed by atoms with Gasteiger partial charge in [-0.3, -0.25) is 9.78 Å². The quantitative estimate of drug-likeness (QED) is 0.622. The third-order valence-electron chi connectivity index (χ3n) is 5.81. The Kier molecular flexibility index (Phi) is 6.42. The molecule has 1 fully saturated rings. The molecule has 0 bridgehead atoms. The molecule has 0 saturated carbocycles. The molecule has 1 aliphatic rings. The third kappa shape index (κ3) is 4.66. The Morgan fingerprint density at radius 1 is 1.13 bits per heavy atom. The zero-order valence-corrected chi connectivity index (χ0v) is 18.3. The van der Waals surface area contributed by atoms with Crippen LogP contribution in [-0.4, -0.2) is 33.6 Å². The minimum atomic E-state index is -0.292. The molecule has 1 amide bonds. The highest BCUT2D eigenvalue weighted by atomic mass is 32.1. The summed E-state index contributed by atoms with van der Waals surface area (Å²) in [6, 6.07) is 15.5. The highest BCUT2D eigenvalue weighted by Crippen LogP contribution is 2.32. The molecule has 0 radical (unpaired) electrons. The number of likely N-dealkylation sites (tertiary alicyclic amines) is 1. The van der Waals surface area contributed by atoms with Crippen molar-refractivity contribution in [3.05, 3.63) is 82.5 Å². The molecule has 1 aliphatic heterocycles. The number of rotatable bonds is 4. The molecule has 3 aromatic rings. The summed E-state index contributed by atoms with van der Waals surface area (Å²) in [5.41, 5.74) is 3.55. The molecule has 160 valence electrons. The summed E-state index contributed by atoms with van der Waals surface area (Å²) in [7, 11) is 1.79. The molecule has 0 atom stereocenters. The minimum Gasteiger partial charge on any atom is -0.445 e. The summed E-state index contributed by atoms with van der Waals surface area (Å²) in [4.78, 5) is 31.5. The van der Waals surface area contributed by atoms with Crippen molar-refractivity contribution in [2.75, 3.05) is 13.1 Å². The molecule has 0 spiro atoms. The van der Waals surface area contributed by atoms with Gasteiger partial charge in [-0.15, -0.1) is 12.6 Å². The second-order valence-electron chi connectivity index (χ2n) is 7.73. The van der Waals surface area contributed by atoms with Crippen molar-refractivity contribution in [1.82, 2.24) is 14.5 Å². The van der Waals surface area contributed by atoms with Gasteiger partial charge in [-0.2, -0.15) is 0 Å². The smallest absolute Gasteiger partial charge is 0.410 e. The van der Waals surface area contributed by atoms with Crippen molar-refractivity contribution in [3.8, 4) is 11.1 Å². The van der Waals surface area contributed by atoms with Crippen LogP contribution in [0, 0.1) is 0 Å². The highest BCUT2D eigenvalue weighted by molar-refractivity contribution is 7.80. The number of pyridine rings is 2. The second kappa shape index (κ2) is 9.39. The van der Waals surface area contributed by atoms with E-state index in [1.54, 1.807) is 28.9 Å². The molecule has 0 N–H and O–H groups in total. The van der Waals surface area contributed by atoms with Crippen molar-refractivity contribution in [2.24, 2.45) is 7.05 Å². The first kappa shape index (κ1) is 21.2. The fourth-order valence-electron chi connectivity index (χ4n) is 4.02. The van der Waals surface area contributed by atoms with Crippen LogP contribution in [0.4, 0.5) is 4.79 Å². The molecule has 1 saturated heterocycles. The van der Waals surface area contributed by atoms with Gasteiger partial charge in [0, 0.05) is 49.7 Å². The highest BCUT2D eigenvalue weighted by Gasteiger charge is 2.27. The third-order valence-corrected chi connectivity index (χ3v) is 6.24. The van der Waals surface area contributed by atoms with E-state index in [0.717, 1.165) is 35.2 Å². The summed E-state index contributed by atoms with van der Waals surface area (Å²) < 4.78 is 7.14. The summed E-state index contributed by atoms with van der Waals surface area (Å²) in [6.45, 7) is 1.46. The maximum atomic E-state index is 12.8. The van der Waals surface area contributed by atoms with Crippen molar-refractivity contribution in [1.29, 1.82) is 0 Å². The number of carbonyl (C=O) groups is 1. The van der Waals surface area contributed by atoms with E-state index >= 15 is 0 Å². The normalized spacial score (nSPS) is 14.5. The lowest BCUT2D eigenvalue weighted by atomic mass is 9.91. The van der Waals surface area contributed by atoms with Gasteiger partial charge in [0.2, 0.25) is 0 Å². The fraction of sp³-hybridized carbons (Fsp3) is 0.292. The first-order valence-corrected chi connectivity index (χ1v) is 10.8. The number of ether oxygens (including phenoxy) is 1. The fourth-order valence-corrected chi connectivity index (χ4v) is 4.36. The molecule has 31 heavy (non-hydrogen) atoms. The number of aromatic nitrogens is 2. The van der Waals surface area contributed by atoms with Crippen LogP contribution in [0.5, 0.6) is 0 Å². The SMILES string of the molecule is Cn1c(C2CCN(C(=O)OCc3ccccc3)CC2)cc(-c2ccncc2)c(S)c1=O.